The second-order valence-electron chi connectivity index (χ2n) is 8.07. The lowest BCUT2D eigenvalue weighted by atomic mass is 10.0. The van der Waals surface area contributed by atoms with Gasteiger partial charge in [0.1, 0.15) is 17.6 Å². The van der Waals surface area contributed by atoms with E-state index in [0.717, 1.165) is 22.2 Å². The van der Waals surface area contributed by atoms with Crippen molar-refractivity contribution < 1.29 is 28.3 Å². The zero-order valence-electron chi connectivity index (χ0n) is 19.5. The Morgan fingerprint density at radius 3 is 2.43 bits per heavy atom. The van der Waals surface area contributed by atoms with Crippen LogP contribution in [0.2, 0.25) is 0 Å². The maximum absolute atomic E-state index is 13.9. The summed E-state index contributed by atoms with van der Waals surface area (Å²) >= 11 is 0.826. The van der Waals surface area contributed by atoms with Crippen molar-refractivity contribution in [1.82, 2.24) is 15.5 Å². The molecule has 1 aliphatic heterocycles. The summed E-state index contributed by atoms with van der Waals surface area (Å²) in [7, 11) is 1.56. The number of benzene rings is 2. The summed E-state index contributed by atoms with van der Waals surface area (Å²) in [6.45, 7) is 3.46. The number of methoxy groups -OCH3 is 1. The van der Waals surface area contributed by atoms with Gasteiger partial charge < -0.3 is 15.4 Å². The fourth-order valence-corrected chi connectivity index (χ4v) is 4.21. The molecule has 10 heteroatoms. The largest absolute Gasteiger partial charge is 0.497 e. The monoisotopic (exact) mass is 499 g/mol. The third-order valence-corrected chi connectivity index (χ3v) is 6.18. The minimum atomic E-state index is -0.924. The topological polar surface area (TPSA) is 105 Å². The molecule has 0 spiro atoms. The molecule has 8 nitrogen and oxygen atoms in total. The number of halogens is 1. The molecule has 1 heterocycles. The predicted molar refractivity (Wildman–Crippen MR) is 131 cm³/mol. The molecule has 1 aliphatic rings. The highest BCUT2D eigenvalue weighted by molar-refractivity contribution is 8.18. The SMILES string of the molecule is COc1ccc(/C=C2\SC(=O)N(CCNC(=O)[C@H](NC(=O)c3ccccc3F)C(C)C)C2=O)cc1. The van der Waals surface area contributed by atoms with Gasteiger partial charge >= 0.3 is 0 Å². The summed E-state index contributed by atoms with van der Waals surface area (Å²) in [5.41, 5.74) is 0.586. The lowest BCUT2D eigenvalue weighted by Crippen LogP contribution is -2.51. The van der Waals surface area contributed by atoms with E-state index in [4.69, 9.17) is 4.74 Å². The van der Waals surface area contributed by atoms with Gasteiger partial charge in [-0.2, -0.15) is 0 Å². The van der Waals surface area contributed by atoms with E-state index in [-0.39, 0.29) is 29.5 Å². The van der Waals surface area contributed by atoms with Gasteiger partial charge in [-0.05, 0) is 53.6 Å². The van der Waals surface area contributed by atoms with Gasteiger partial charge in [0.2, 0.25) is 5.91 Å². The maximum Gasteiger partial charge on any atom is 0.293 e. The zero-order chi connectivity index (χ0) is 25.5. The van der Waals surface area contributed by atoms with E-state index in [1.807, 2.05) is 0 Å². The van der Waals surface area contributed by atoms with Crippen molar-refractivity contribution in [1.29, 1.82) is 0 Å². The van der Waals surface area contributed by atoms with Gasteiger partial charge in [-0.25, -0.2) is 4.39 Å². The Morgan fingerprint density at radius 1 is 1.11 bits per heavy atom. The molecule has 0 aliphatic carbocycles. The molecule has 0 saturated carbocycles. The lowest BCUT2D eigenvalue weighted by molar-refractivity contribution is -0.125. The van der Waals surface area contributed by atoms with Gasteiger partial charge in [0.25, 0.3) is 17.1 Å². The number of hydrogen-bond acceptors (Lipinski definition) is 6. The number of carbonyl (C=O) groups excluding carboxylic acids is 4. The molecule has 0 bridgehead atoms. The molecule has 3 rings (SSSR count). The van der Waals surface area contributed by atoms with Gasteiger partial charge in [0.15, 0.2) is 0 Å². The normalized spacial score (nSPS) is 15.5. The first-order chi connectivity index (χ1) is 16.7. The fourth-order valence-electron chi connectivity index (χ4n) is 3.34. The third kappa shape index (κ3) is 6.48. The van der Waals surface area contributed by atoms with Crippen molar-refractivity contribution in [3.05, 3.63) is 70.4 Å². The number of nitrogens with zero attached hydrogens (tertiary/aromatic N) is 1. The van der Waals surface area contributed by atoms with E-state index < -0.39 is 34.8 Å². The van der Waals surface area contributed by atoms with Crippen LogP contribution in [-0.2, 0) is 9.59 Å². The van der Waals surface area contributed by atoms with Crippen LogP contribution in [-0.4, -0.2) is 54.1 Å². The Labute approximate surface area is 206 Å². The van der Waals surface area contributed by atoms with Crippen LogP contribution in [0.4, 0.5) is 9.18 Å². The van der Waals surface area contributed by atoms with E-state index in [0.29, 0.717) is 5.75 Å². The minimum absolute atomic E-state index is 0.00543. The Morgan fingerprint density at radius 2 is 1.80 bits per heavy atom. The summed E-state index contributed by atoms with van der Waals surface area (Å²) in [5.74, 6) is -1.93. The number of hydrogen-bond donors (Lipinski definition) is 2. The van der Waals surface area contributed by atoms with E-state index >= 15 is 0 Å². The average molecular weight is 500 g/mol. The van der Waals surface area contributed by atoms with E-state index in [2.05, 4.69) is 10.6 Å². The number of rotatable bonds is 9. The first-order valence-corrected chi connectivity index (χ1v) is 11.8. The Bertz CT molecular complexity index is 1150. The molecule has 1 saturated heterocycles. The smallest absolute Gasteiger partial charge is 0.293 e. The van der Waals surface area contributed by atoms with E-state index in [1.54, 1.807) is 51.3 Å². The van der Waals surface area contributed by atoms with Crippen molar-refractivity contribution in [2.24, 2.45) is 5.92 Å². The van der Waals surface area contributed by atoms with Crippen LogP contribution >= 0.6 is 11.8 Å². The van der Waals surface area contributed by atoms with Crippen molar-refractivity contribution in [3.63, 3.8) is 0 Å². The van der Waals surface area contributed by atoms with Crippen molar-refractivity contribution >= 4 is 40.8 Å². The van der Waals surface area contributed by atoms with Crippen LogP contribution in [0.25, 0.3) is 6.08 Å². The Kier molecular flexibility index (Phi) is 8.64. The minimum Gasteiger partial charge on any atom is -0.497 e. The van der Waals surface area contributed by atoms with Crippen LogP contribution in [0.1, 0.15) is 29.8 Å². The summed E-state index contributed by atoms with van der Waals surface area (Å²) in [4.78, 5) is 51.5. The third-order valence-electron chi connectivity index (χ3n) is 5.28. The number of amides is 4. The number of carbonyl (C=O) groups is 4. The molecule has 0 radical (unpaired) electrons. The van der Waals surface area contributed by atoms with Gasteiger partial charge in [-0.15, -0.1) is 0 Å². The van der Waals surface area contributed by atoms with Crippen molar-refractivity contribution in [2.45, 2.75) is 19.9 Å². The predicted octanol–water partition coefficient (Wildman–Crippen LogP) is 3.44. The molecular weight excluding hydrogens is 473 g/mol. The van der Waals surface area contributed by atoms with Gasteiger partial charge in [0.05, 0.1) is 17.6 Å². The highest BCUT2D eigenvalue weighted by Crippen LogP contribution is 2.32. The molecule has 1 fully saturated rings. The lowest BCUT2D eigenvalue weighted by Gasteiger charge is -2.22. The van der Waals surface area contributed by atoms with Crippen molar-refractivity contribution in [3.8, 4) is 5.75 Å². The average Bonchev–Trinajstić information content (AvgIpc) is 3.10. The highest BCUT2D eigenvalue weighted by atomic mass is 32.2. The maximum atomic E-state index is 13.9. The molecule has 2 N–H and O–H groups in total. The molecule has 35 heavy (non-hydrogen) atoms. The number of nitrogens with one attached hydrogen (secondary N) is 2. The second kappa shape index (κ2) is 11.7. The molecule has 2 aromatic rings. The molecule has 2 aromatic carbocycles. The van der Waals surface area contributed by atoms with Gasteiger partial charge in [-0.3, -0.25) is 24.1 Å². The molecule has 4 amide bonds. The highest BCUT2D eigenvalue weighted by Gasteiger charge is 2.35. The molecule has 1 atom stereocenters. The summed E-state index contributed by atoms with van der Waals surface area (Å²) in [5, 5.41) is 4.76. The van der Waals surface area contributed by atoms with Crippen LogP contribution in [0.15, 0.2) is 53.4 Å². The van der Waals surface area contributed by atoms with E-state index in [9.17, 15) is 23.6 Å². The van der Waals surface area contributed by atoms with Gasteiger partial charge in [-0.1, -0.05) is 38.1 Å². The van der Waals surface area contributed by atoms with Crippen LogP contribution in [0, 0.1) is 11.7 Å². The Balaban J connectivity index is 1.57. The Hall–Kier alpha value is -3.66. The van der Waals surface area contributed by atoms with Crippen LogP contribution in [0.5, 0.6) is 5.75 Å². The number of imide groups is 1. The van der Waals surface area contributed by atoms with E-state index in [1.165, 1.54) is 24.3 Å². The van der Waals surface area contributed by atoms with Crippen LogP contribution in [0.3, 0.4) is 0 Å². The quantitative estimate of drug-likeness (QED) is 0.512. The first kappa shape index (κ1) is 26.0. The second-order valence-corrected chi connectivity index (χ2v) is 9.07. The number of thioether (sulfide) groups is 1. The standard InChI is InChI=1S/C25H26FN3O5S/c1-15(2)21(28-22(30)18-6-4-5-7-19(18)26)23(31)27-12-13-29-24(32)20(35-25(29)33)14-16-8-10-17(34-3)11-9-16/h4-11,14-15,21H,12-13H2,1-3H3,(H,27,31)(H,28,30)/b20-14-/t21-/m1/s1. The first-order valence-electron chi connectivity index (χ1n) is 10.9. The molecule has 0 unspecified atom stereocenters. The summed E-state index contributed by atoms with van der Waals surface area (Å²) in [6.07, 6.45) is 1.62. The van der Waals surface area contributed by atoms with Gasteiger partial charge in [0, 0.05) is 13.1 Å². The van der Waals surface area contributed by atoms with Crippen LogP contribution < -0.4 is 15.4 Å². The number of ether oxygens (including phenoxy) is 1. The summed E-state index contributed by atoms with van der Waals surface area (Å²) in [6, 6.07) is 11.6. The molecular formula is C25H26FN3O5S. The molecule has 184 valence electrons. The summed E-state index contributed by atoms with van der Waals surface area (Å²) < 4.78 is 19.0. The molecule has 0 aromatic heterocycles. The zero-order valence-corrected chi connectivity index (χ0v) is 20.4. The van der Waals surface area contributed by atoms with Crippen molar-refractivity contribution in [2.75, 3.05) is 20.2 Å². The fraction of sp³-hybridized carbons (Fsp3) is 0.280.